The largest absolute Gasteiger partial charge is 0.481 e. The summed E-state index contributed by atoms with van der Waals surface area (Å²) in [6.07, 6.45) is 5.12. The molecule has 1 aliphatic rings. The van der Waals surface area contributed by atoms with E-state index in [-0.39, 0.29) is 19.0 Å². The molecule has 19 heavy (non-hydrogen) atoms. The molecule has 0 aromatic carbocycles. The second kappa shape index (κ2) is 7.33. The fourth-order valence-corrected chi connectivity index (χ4v) is 2.22. The van der Waals surface area contributed by atoms with Crippen LogP contribution in [-0.4, -0.2) is 52.3 Å². The van der Waals surface area contributed by atoms with Gasteiger partial charge in [-0.2, -0.15) is 0 Å². The number of nitrogens with one attached hydrogen (secondary N) is 1. The van der Waals surface area contributed by atoms with Crippen LogP contribution in [0, 0.1) is 0 Å². The van der Waals surface area contributed by atoms with Crippen LogP contribution in [0.1, 0.15) is 45.4 Å². The summed E-state index contributed by atoms with van der Waals surface area (Å²) in [5.74, 6) is -1.08. The SMILES string of the molecule is CC(O)(CNC(=O)N1CCCCCCC1)CC(=O)O. The number of rotatable bonds is 4. The Hall–Kier alpha value is -1.30. The number of carboxylic acid groups (broad SMARTS) is 1. The third kappa shape index (κ3) is 6.42. The molecule has 110 valence electrons. The second-order valence-electron chi connectivity index (χ2n) is 5.48. The molecule has 0 saturated carbocycles. The minimum Gasteiger partial charge on any atom is -0.481 e. The topological polar surface area (TPSA) is 89.9 Å². The molecule has 0 spiro atoms. The molecule has 1 fully saturated rings. The summed E-state index contributed by atoms with van der Waals surface area (Å²) in [5.41, 5.74) is -1.41. The molecule has 0 radical (unpaired) electrons. The van der Waals surface area contributed by atoms with E-state index < -0.39 is 11.6 Å². The van der Waals surface area contributed by atoms with Gasteiger partial charge < -0.3 is 20.4 Å². The van der Waals surface area contributed by atoms with Crippen LogP contribution in [0.3, 0.4) is 0 Å². The molecule has 1 saturated heterocycles. The molecule has 2 amide bonds. The van der Waals surface area contributed by atoms with Crippen LogP contribution >= 0.6 is 0 Å². The lowest BCUT2D eigenvalue weighted by molar-refractivity contribution is -0.141. The summed E-state index contributed by atoms with van der Waals surface area (Å²) in [6, 6.07) is -0.215. The zero-order chi connectivity index (χ0) is 14.3. The number of aliphatic hydroxyl groups is 1. The minimum absolute atomic E-state index is 0.0470. The van der Waals surface area contributed by atoms with Crippen LogP contribution in [0.4, 0.5) is 4.79 Å². The van der Waals surface area contributed by atoms with Crippen molar-refractivity contribution >= 4 is 12.0 Å². The second-order valence-corrected chi connectivity index (χ2v) is 5.48. The average molecular weight is 272 g/mol. The van der Waals surface area contributed by atoms with Gasteiger partial charge in [-0.3, -0.25) is 4.79 Å². The van der Waals surface area contributed by atoms with Crippen LogP contribution in [0.5, 0.6) is 0 Å². The van der Waals surface area contributed by atoms with E-state index >= 15 is 0 Å². The summed E-state index contributed by atoms with van der Waals surface area (Å²) < 4.78 is 0. The molecule has 1 aliphatic heterocycles. The van der Waals surface area contributed by atoms with E-state index in [1.807, 2.05) is 0 Å². The summed E-state index contributed by atoms with van der Waals surface area (Å²) in [6.45, 7) is 2.82. The Labute approximate surface area is 113 Å². The molecule has 1 heterocycles. The number of hydrogen-bond donors (Lipinski definition) is 3. The third-order valence-electron chi connectivity index (χ3n) is 3.30. The van der Waals surface area contributed by atoms with Crippen molar-refractivity contribution in [1.82, 2.24) is 10.2 Å². The normalized spacial score (nSPS) is 20.0. The average Bonchev–Trinajstić information content (AvgIpc) is 2.23. The Balaban J connectivity index is 2.38. The highest BCUT2D eigenvalue weighted by Crippen LogP contribution is 2.11. The number of aliphatic carboxylic acids is 1. The third-order valence-corrected chi connectivity index (χ3v) is 3.30. The lowest BCUT2D eigenvalue weighted by Gasteiger charge is -2.27. The highest BCUT2D eigenvalue weighted by atomic mass is 16.4. The van der Waals surface area contributed by atoms with E-state index in [4.69, 9.17) is 5.11 Å². The van der Waals surface area contributed by atoms with E-state index in [1.165, 1.54) is 13.3 Å². The van der Waals surface area contributed by atoms with Gasteiger partial charge in [0, 0.05) is 19.6 Å². The zero-order valence-corrected chi connectivity index (χ0v) is 11.5. The smallest absolute Gasteiger partial charge is 0.317 e. The van der Waals surface area contributed by atoms with E-state index in [1.54, 1.807) is 4.90 Å². The first-order chi connectivity index (χ1) is 8.91. The summed E-state index contributed by atoms with van der Waals surface area (Å²) in [7, 11) is 0. The van der Waals surface area contributed by atoms with Crippen molar-refractivity contribution in [2.75, 3.05) is 19.6 Å². The fourth-order valence-electron chi connectivity index (χ4n) is 2.22. The number of amides is 2. The highest BCUT2D eigenvalue weighted by Gasteiger charge is 2.26. The van der Waals surface area contributed by atoms with Crippen molar-refractivity contribution in [3.63, 3.8) is 0 Å². The lowest BCUT2D eigenvalue weighted by atomic mass is 10.0. The van der Waals surface area contributed by atoms with Gasteiger partial charge in [-0.1, -0.05) is 19.3 Å². The van der Waals surface area contributed by atoms with Gasteiger partial charge in [0.15, 0.2) is 0 Å². The van der Waals surface area contributed by atoms with Crippen LogP contribution < -0.4 is 5.32 Å². The molecule has 0 aromatic heterocycles. The summed E-state index contributed by atoms with van der Waals surface area (Å²) in [5, 5.41) is 21.1. The number of carboxylic acids is 1. The fraction of sp³-hybridized carbons (Fsp3) is 0.846. The van der Waals surface area contributed by atoms with Gasteiger partial charge in [0.2, 0.25) is 0 Å². The number of nitrogens with zero attached hydrogens (tertiary/aromatic N) is 1. The first-order valence-corrected chi connectivity index (χ1v) is 6.88. The molecular weight excluding hydrogens is 248 g/mol. The molecule has 1 unspecified atom stereocenters. The van der Waals surface area contributed by atoms with Gasteiger partial charge in [-0.15, -0.1) is 0 Å². The van der Waals surface area contributed by atoms with E-state index in [2.05, 4.69) is 5.32 Å². The zero-order valence-electron chi connectivity index (χ0n) is 11.5. The lowest BCUT2D eigenvalue weighted by Crippen LogP contribution is -2.48. The van der Waals surface area contributed by atoms with Crippen LogP contribution in [0.2, 0.25) is 0 Å². The van der Waals surface area contributed by atoms with Crippen molar-refractivity contribution in [2.24, 2.45) is 0 Å². The predicted octanol–water partition coefficient (Wildman–Crippen LogP) is 1.19. The van der Waals surface area contributed by atoms with Gasteiger partial charge in [0.1, 0.15) is 0 Å². The highest BCUT2D eigenvalue weighted by molar-refractivity contribution is 5.74. The molecule has 0 bridgehead atoms. The van der Waals surface area contributed by atoms with Crippen molar-refractivity contribution in [2.45, 2.75) is 51.0 Å². The minimum atomic E-state index is -1.41. The van der Waals surface area contributed by atoms with E-state index in [0.717, 1.165) is 38.8 Å². The Morgan fingerprint density at radius 1 is 1.16 bits per heavy atom. The molecule has 1 atom stereocenters. The van der Waals surface area contributed by atoms with Crippen molar-refractivity contribution < 1.29 is 19.8 Å². The molecule has 0 aliphatic carbocycles. The number of carbonyl (C=O) groups is 2. The van der Waals surface area contributed by atoms with Crippen LogP contribution in [0.25, 0.3) is 0 Å². The van der Waals surface area contributed by atoms with Crippen LogP contribution in [-0.2, 0) is 4.79 Å². The van der Waals surface area contributed by atoms with Crippen molar-refractivity contribution in [3.05, 3.63) is 0 Å². The van der Waals surface area contributed by atoms with Gasteiger partial charge in [0.05, 0.1) is 12.0 Å². The molecular formula is C13H24N2O4. The monoisotopic (exact) mass is 272 g/mol. The Morgan fingerprint density at radius 3 is 2.21 bits per heavy atom. The first-order valence-electron chi connectivity index (χ1n) is 6.88. The molecule has 1 rings (SSSR count). The number of carbonyl (C=O) groups excluding carboxylic acids is 1. The maximum atomic E-state index is 12.0. The van der Waals surface area contributed by atoms with Gasteiger partial charge in [0.25, 0.3) is 0 Å². The van der Waals surface area contributed by atoms with E-state index in [0.29, 0.717) is 0 Å². The Morgan fingerprint density at radius 2 is 1.68 bits per heavy atom. The number of urea groups is 1. The van der Waals surface area contributed by atoms with Gasteiger partial charge in [-0.05, 0) is 19.8 Å². The standard InChI is InChI=1S/C13H24N2O4/c1-13(19,9-11(16)17)10-14-12(18)15-7-5-3-2-4-6-8-15/h19H,2-10H2,1H3,(H,14,18)(H,16,17). The van der Waals surface area contributed by atoms with E-state index in [9.17, 15) is 14.7 Å². The molecule has 0 aromatic rings. The maximum absolute atomic E-state index is 12.0. The Bertz CT molecular complexity index is 310. The summed E-state index contributed by atoms with van der Waals surface area (Å²) in [4.78, 5) is 24.3. The molecule has 3 N–H and O–H groups in total. The van der Waals surface area contributed by atoms with Crippen molar-refractivity contribution in [1.29, 1.82) is 0 Å². The number of likely N-dealkylation sites (tertiary alicyclic amines) is 1. The first kappa shape index (κ1) is 15.8. The summed E-state index contributed by atoms with van der Waals surface area (Å²) >= 11 is 0. The van der Waals surface area contributed by atoms with Crippen molar-refractivity contribution in [3.8, 4) is 0 Å². The predicted molar refractivity (Wildman–Crippen MR) is 70.9 cm³/mol. The Kier molecular flexibility index (Phi) is 6.08. The van der Waals surface area contributed by atoms with Gasteiger partial charge in [-0.25, -0.2) is 4.79 Å². The maximum Gasteiger partial charge on any atom is 0.317 e. The number of hydrogen-bond acceptors (Lipinski definition) is 3. The quantitative estimate of drug-likeness (QED) is 0.717. The van der Waals surface area contributed by atoms with Gasteiger partial charge >= 0.3 is 12.0 Å². The molecule has 6 nitrogen and oxygen atoms in total. The van der Waals surface area contributed by atoms with Crippen LogP contribution in [0.15, 0.2) is 0 Å². The molecule has 6 heteroatoms.